The zero-order chi connectivity index (χ0) is 23.5. The van der Waals surface area contributed by atoms with Crippen LogP contribution in [0.25, 0.3) is 33.3 Å². The molecule has 0 radical (unpaired) electrons. The molecule has 0 bridgehead atoms. The van der Waals surface area contributed by atoms with Crippen molar-refractivity contribution < 1.29 is 14.3 Å². The second kappa shape index (κ2) is 9.11. The maximum absolute atomic E-state index is 13.4. The SMILES string of the molecule is O=C(Cc1ccc2ccccc2c1)Nc1ncc(-c2ccc(F)cc2)nc1-c1ccc(O)cc1. The Morgan fingerprint density at radius 2 is 1.56 bits per heavy atom. The van der Waals surface area contributed by atoms with Crippen molar-refractivity contribution in [2.45, 2.75) is 6.42 Å². The number of aromatic hydroxyl groups is 1. The maximum Gasteiger partial charge on any atom is 0.230 e. The summed E-state index contributed by atoms with van der Waals surface area (Å²) < 4.78 is 13.4. The van der Waals surface area contributed by atoms with Gasteiger partial charge in [-0.2, -0.15) is 0 Å². The van der Waals surface area contributed by atoms with Gasteiger partial charge >= 0.3 is 0 Å². The van der Waals surface area contributed by atoms with Gasteiger partial charge in [0.25, 0.3) is 0 Å². The molecule has 0 spiro atoms. The normalized spacial score (nSPS) is 10.9. The van der Waals surface area contributed by atoms with E-state index in [2.05, 4.69) is 10.3 Å². The molecule has 1 aromatic heterocycles. The summed E-state index contributed by atoms with van der Waals surface area (Å²) in [5.74, 6) is -0.136. The number of rotatable bonds is 5. The molecule has 6 heteroatoms. The topological polar surface area (TPSA) is 75.1 Å². The average Bonchev–Trinajstić information content (AvgIpc) is 2.85. The number of carbonyl (C=O) groups excluding carboxylic acids is 1. The van der Waals surface area contributed by atoms with E-state index in [-0.39, 0.29) is 23.9 Å². The Morgan fingerprint density at radius 1 is 0.853 bits per heavy atom. The van der Waals surface area contributed by atoms with E-state index in [1.165, 1.54) is 12.1 Å². The smallest absolute Gasteiger partial charge is 0.230 e. The van der Waals surface area contributed by atoms with Crippen LogP contribution in [0.15, 0.2) is 97.2 Å². The van der Waals surface area contributed by atoms with Gasteiger partial charge in [0.05, 0.1) is 18.3 Å². The summed E-state index contributed by atoms with van der Waals surface area (Å²) in [6, 6.07) is 26.4. The molecule has 5 aromatic rings. The molecule has 1 heterocycles. The van der Waals surface area contributed by atoms with E-state index in [0.29, 0.717) is 28.3 Å². The monoisotopic (exact) mass is 449 g/mol. The molecule has 0 aliphatic carbocycles. The maximum atomic E-state index is 13.4. The molecular formula is C28H20FN3O2. The minimum atomic E-state index is -0.340. The number of hydrogen-bond acceptors (Lipinski definition) is 4. The Kier molecular flexibility index (Phi) is 5.70. The van der Waals surface area contributed by atoms with E-state index in [4.69, 9.17) is 4.98 Å². The highest BCUT2D eigenvalue weighted by atomic mass is 19.1. The van der Waals surface area contributed by atoms with Crippen molar-refractivity contribution in [1.29, 1.82) is 0 Å². The van der Waals surface area contributed by atoms with Crippen molar-refractivity contribution in [3.63, 3.8) is 0 Å². The van der Waals surface area contributed by atoms with Gasteiger partial charge in [-0.15, -0.1) is 0 Å². The molecule has 166 valence electrons. The number of phenols is 1. The van der Waals surface area contributed by atoms with Gasteiger partial charge in [0.15, 0.2) is 5.82 Å². The summed E-state index contributed by atoms with van der Waals surface area (Å²) in [5.41, 5.74) is 3.25. The molecule has 1 amide bonds. The molecule has 0 saturated carbocycles. The van der Waals surface area contributed by atoms with Gasteiger partial charge in [-0.1, -0.05) is 42.5 Å². The molecular weight excluding hydrogens is 429 g/mol. The van der Waals surface area contributed by atoms with Crippen LogP contribution >= 0.6 is 0 Å². The van der Waals surface area contributed by atoms with Crippen LogP contribution in [-0.2, 0) is 11.2 Å². The molecule has 0 saturated heterocycles. The number of carbonyl (C=O) groups is 1. The van der Waals surface area contributed by atoms with E-state index >= 15 is 0 Å². The van der Waals surface area contributed by atoms with E-state index in [1.54, 1.807) is 42.6 Å². The molecule has 4 aromatic carbocycles. The Bertz CT molecular complexity index is 1480. The van der Waals surface area contributed by atoms with Gasteiger partial charge < -0.3 is 10.4 Å². The van der Waals surface area contributed by atoms with Gasteiger partial charge in [-0.3, -0.25) is 4.79 Å². The van der Waals surface area contributed by atoms with Crippen LogP contribution in [-0.4, -0.2) is 21.0 Å². The predicted octanol–water partition coefficient (Wildman–Crippen LogP) is 5.99. The van der Waals surface area contributed by atoms with Crippen molar-refractivity contribution in [2.75, 3.05) is 5.32 Å². The minimum absolute atomic E-state index is 0.119. The summed E-state index contributed by atoms with van der Waals surface area (Å²) in [6.07, 6.45) is 1.73. The molecule has 0 aliphatic rings. The van der Waals surface area contributed by atoms with E-state index < -0.39 is 0 Å². The van der Waals surface area contributed by atoms with Crippen LogP contribution in [0.3, 0.4) is 0 Å². The molecule has 2 N–H and O–H groups in total. The number of aromatic nitrogens is 2. The number of nitrogens with one attached hydrogen (secondary N) is 1. The van der Waals surface area contributed by atoms with E-state index in [9.17, 15) is 14.3 Å². The Labute approximate surface area is 195 Å². The molecule has 34 heavy (non-hydrogen) atoms. The molecule has 0 fully saturated rings. The first-order chi connectivity index (χ1) is 16.5. The lowest BCUT2D eigenvalue weighted by Gasteiger charge is -2.12. The Morgan fingerprint density at radius 3 is 2.32 bits per heavy atom. The number of halogens is 1. The lowest BCUT2D eigenvalue weighted by molar-refractivity contribution is -0.115. The third-order valence-corrected chi connectivity index (χ3v) is 5.49. The number of nitrogens with zero attached hydrogens (tertiary/aromatic N) is 2. The summed E-state index contributed by atoms with van der Waals surface area (Å²) in [6.45, 7) is 0. The molecule has 0 atom stereocenters. The van der Waals surface area contributed by atoms with Gasteiger partial charge in [0, 0.05) is 11.1 Å². The van der Waals surface area contributed by atoms with Gasteiger partial charge in [-0.05, 0) is 64.9 Å². The van der Waals surface area contributed by atoms with Crippen molar-refractivity contribution >= 4 is 22.5 Å². The average molecular weight is 449 g/mol. The molecule has 5 nitrogen and oxygen atoms in total. The van der Waals surface area contributed by atoms with Crippen molar-refractivity contribution in [3.05, 3.63) is 109 Å². The first-order valence-electron chi connectivity index (χ1n) is 10.7. The summed E-state index contributed by atoms with van der Waals surface area (Å²) in [4.78, 5) is 22.0. The fourth-order valence-corrected chi connectivity index (χ4v) is 3.77. The number of phenolic OH excluding ortho intramolecular Hbond substituents is 1. The highest BCUT2D eigenvalue weighted by Crippen LogP contribution is 2.29. The summed E-state index contributed by atoms with van der Waals surface area (Å²) in [7, 11) is 0. The largest absolute Gasteiger partial charge is 0.508 e. The van der Waals surface area contributed by atoms with Gasteiger partial charge in [0.1, 0.15) is 17.3 Å². The fraction of sp³-hybridized carbons (Fsp3) is 0.0357. The highest BCUT2D eigenvalue weighted by Gasteiger charge is 2.15. The lowest BCUT2D eigenvalue weighted by atomic mass is 10.0. The molecule has 0 aliphatic heterocycles. The number of amides is 1. The second-order valence-electron chi connectivity index (χ2n) is 7.91. The van der Waals surface area contributed by atoms with Crippen LogP contribution in [0.5, 0.6) is 5.75 Å². The Balaban J connectivity index is 1.45. The third-order valence-electron chi connectivity index (χ3n) is 5.49. The number of hydrogen-bond donors (Lipinski definition) is 2. The fourth-order valence-electron chi connectivity index (χ4n) is 3.77. The van der Waals surface area contributed by atoms with Crippen molar-refractivity contribution in [1.82, 2.24) is 9.97 Å². The van der Waals surface area contributed by atoms with Crippen LogP contribution < -0.4 is 5.32 Å². The van der Waals surface area contributed by atoms with Crippen LogP contribution in [0, 0.1) is 5.82 Å². The zero-order valence-corrected chi connectivity index (χ0v) is 18.1. The standard InChI is InChI=1S/C28H20FN3O2/c29-23-11-7-20(8-12-23)25-17-30-28(27(31-25)21-9-13-24(33)14-10-21)32-26(34)16-18-5-6-19-3-1-2-4-22(19)15-18/h1-15,17,33H,16H2,(H,30,32,34). The van der Waals surface area contributed by atoms with E-state index in [0.717, 1.165) is 16.3 Å². The first-order valence-corrected chi connectivity index (χ1v) is 10.7. The zero-order valence-electron chi connectivity index (χ0n) is 18.1. The van der Waals surface area contributed by atoms with Crippen LogP contribution in [0.2, 0.25) is 0 Å². The lowest BCUT2D eigenvalue weighted by Crippen LogP contribution is -2.16. The quantitative estimate of drug-likeness (QED) is 0.346. The van der Waals surface area contributed by atoms with Gasteiger partial charge in [-0.25, -0.2) is 14.4 Å². The number of benzene rings is 4. The number of fused-ring (bicyclic) bond motifs is 1. The second-order valence-corrected chi connectivity index (χ2v) is 7.91. The van der Waals surface area contributed by atoms with Crippen molar-refractivity contribution in [3.8, 4) is 28.3 Å². The van der Waals surface area contributed by atoms with Crippen LogP contribution in [0.1, 0.15) is 5.56 Å². The summed E-state index contributed by atoms with van der Waals surface area (Å²) >= 11 is 0. The predicted molar refractivity (Wildman–Crippen MR) is 131 cm³/mol. The van der Waals surface area contributed by atoms with Crippen LogP contribution in [0.4, 0.5) is 10.2 Å². The Hall–Kier alpha value is -4.58. The highest BCUT2D eigenvalue weighted by molar-refractivity contribution is 5.95. The molecule has 0 unspecified atom stereocenters. The summed E-state index contributed by atoms with van der Waals surface area (Å²) in [5, 5.41) is 14.7. The minimum Gasteiger partial charge on any atom is -0.508 e. The van der Waals surface area contributed by atoms with Gasteiger partial charge in [0.2, 0.25) is 5.91 Å². The van der Waals surface area contributed by atoms with E-state index in [1.807, 2.05) is 42.5 Å². The van der Waals surface area contributed by atoms with Crippen molar-refractivity contribution in [2.24, 2.45) is 0 Å². The number of anilines is 1. The molecule has 5 rings (SSSR count). The third kappa shape index (κ3) is 4.61. The first kappa shape index (κ1) is 21.3.